The van der Waals surface area contributed by atoms with E-state index in [9.17, 15) is 9.59 Å². The van der Waals surface area contributed by atoms with Gasteiger partial charge in [0.25, 0.3) is 0 Å². The van der Waals surface area contributed by atoms with Crippen molar-refractivity contribution in [2.45, 2.75) is 72.8 Å². The summed E-state index contributed by atoms with van der Waals surface area (Å²) in [6, 6.07) is 8.40. The topological polar surface area (TPSA) is 81.4 Å². The third kappa shape index (κ3) is 14.9. The largest absolute Gasteiger partial charge is 0.459 e. The first kappa shape index (κ1) is 25.1. The minimum atomic E-state index is -0.406. The Balaban J connectivity index is 0.000000636. The van der Waals surface area contributed by atoms with Crippen LogP contribution in [0.2, 0.25) is 0 Å². The lowest BCUT2D eigenvalue weighted by molar-refractivity contribution is -0.152. The first-order chi connectivity index (χ1) is 12.6. The highest BCUT2D eigenvalue weighted by atomic mass is 16.6. The normalized spacial score (nSPS) is 10.8. The zero-order valence-electron chi connectivity index (χ0n) is 17.9. The zero-order valence-corrected chi connectivity index (χ0v) is 17.9. The van der Waals surface area contributed by atoms with Gasteiger partial charge in [0.15, 0.2) is 0 Å². The van der Waals surface area contributed by atoms with Crippen LogP contribution in [0, 0.1) is 5.92 Å². The van der Waals surface area contributed by atoms with Crippen molar-refractivity contribution in [1.29, 1.82) is 0 Å². The summed E-state index contributed by atoms with van der Waals surface area (Å²) in [7, 11) is 0. The fourth-order valence-electron chi connectivity index (χ4n) is 2.30. The average Bonchev–Trinajstić information content (AvgIpc) is 2.55. The van der Waals surface area contributed by atoms with Crippen molar-refractivity contribution in [3.63, 3.8) is 0 Å². The number of esters is 1. The van der Waals surface area contributed by atoms with E-state index in [0.29, 0.717) is 12.3 Å². The second kappa shape index (κ2) is 13.3. The summed E-state index contributed by atoms with van der Waals surface area (Å²) in [4.78, 5) is 22.1. The quantitative estimate of drug-likeness (QED) is 0.535. The molecule has 27 heavy (non-hydrogen) atoms. The molecule has 0 saturated heterocycles. The Kier molecular flexibility index (Phi) is 12.4. The van der Waals surface area contributed by atoms with Gasteiger partial charge in [-0.1, -0.05) is 51.5 Å². The van der Waals surface area contributed by atoms with Crippen LogP contribution in [-0.4, -0.2) is 30.6 Å². The van der Waals surface area contributed by atoms with Gasteiger partial charge < -0.3 is 15.8 Å². The SMILES string of the molecule is CC(C)(C)OC(=O)CN.CCCCNC(=O)Cc1ccc(CC(C)C)cc1. The van der Waals surface area contributed by atoms with Crippen molar-refractivity contribution in [3.8, 4) is 0 Å². The molecule has 0 atom stereocenters. The number of nitrogens with two attached hydrogens (primary N) is 1. The molecule has 0 aromatic heterocycles. The van der Waals surface area contributed by atoms with E-state index in [1.165, 1.54) is 5.56 Å². The molecule has 0 unspecified atom stereocenters. The van der Waals surface area contributed by atoms with E-state index in [-0.39, 0.29) is 18.4 Å². The molecule has 0 aliphatic heterocycles. The van der Waals surface area contributed by atoms with Crippen molar-refractivity contribution in [3.05, 3.63) is 35.4 Å². The van der Waals surface area contributed by atoms with Crippen LogP contribution in [0.1, 0.15) is 65.5 Å². The van der Waals surface area contributed by atoms with Crippen molar-refractivity contribution in [2.24, 2.45) is 11.7 Å². The number of hydrogen-bond donors (Lipinski definition) is 2. The lowest BCUT2D eigenvalue weighted by atomic mass is 10.0. The van der Waals surface area contributed by atoms with Gasteiger partial charge in [0.2, 0.25) is 5.91 Å². The molecule has 0 aliphatic rings. The summed E-state index contributed by atoms with van der Waals surface area (Å²) in [5.41, 5.74) is 7.04. The minimum absolute atomic E-state index is 0.0444. The summed E-state index contributed by atoms with van der Waals surface area (Å²) in [6.45, 7) is 12.7. The van der Waals surface area contributed by atoms with E-state index < -0.39 is 5.60 Å². The molecule has 1 amide bonds. The molecular formula is C22H38N2O3. The Hall–Kier alpha value is -1.88. The molecule has 154 valence electrons. The molecule has 0 heterocycles. The Labute approximate surface area is 165 Å². The first-order valence-corrected chi connectivity index (χ1v) is 9.83. The van der Waals surface area contributed by atoms with Crippen molar-refractivity contribution in [1.82, 2.24) is 5.32 Å². The van der Waals surface area contributed by atoms with E-state index in [1.54, 1.807) is 20.8 Å². The minimum Gasteiger partial charge on any atom is -0.459 e. The number of nitrogens with one attached hydrogen (secondary N) is 1. The number of rotatable bonds is 8. The third-order valence-electron chi connectivity index (χ3n) is 3.47. The van der Waals surface area contributed by atoms with E-state index >= 15 is 0 Å². The van der Waals surface area contributed by atoms with Gasteiger partial charge in [0.05, 0.1) is 13.0 Å². The lowest BCUT2D eigenvalue weighted by Crippen LogP contribution is -2.28. The summed E-state index contributed by atoms with van der Waals surface area (Å²) < 4.78 is 4.82. The monoisotopic (exact) mass is 378 g/mol. The molecule has 1 rings (SSSR count). The average molecular weight is 379 g/mol. The van der Waals surface area contributed by atoms with E-state index in [2.05, 4.69) is 50.4 Å². The second-order valence-corrected chi connectivity index (χ2v) is 8.09. The van der Waals surface area contributed by atoms with E-state index in [1.807, 2.05) is 0 Å². The maximum Gasteiger partial charge on any atom is 0.320 e. The van der Waals surface area contributed by atoms with Crippen LogP contribution in [0.4, 0.5) is 0 Å². The standard InChI is InChI=1S/C16H25NO.C6H13NO2/c1-4-5-10-17-16(18)12-15-8-6-14(7-9-15)11-13(2)3;1-6(2,3)9-5(8)4-7/h6-9,13H,4-5,10-12H2,1-3H3,(H,17,18);4,7H2,1-3H3. The number of unbranched alkanes of at least 4 members (excludes halogenated alkanes) is 1. The van der Waals surface area contributed by atoms with Gasteiger partial charge in [0.1, 0.15) is 5.60 Å². The molecule has 0 fully saturated rings. The Morgan fingerprint density at radius 1 is 1.11 bits per heavy atom. The number of carbonyl (C=O) groups excluding carboxylic acids is 2. The highest BCUT2D eigenvalue weighted by Crippen LogP contribution is 2.10. The van der Waals surface area contributed by atoms with Crippen LogP contribution in [-0.2, 0) is 27.2 Å². The fraction of sp³-hybridized carbons (Fsp3) is 0.636. The third-order valence-corrected chi connectivity index (χ3v) is 3.47. The molecular weight excluding hydrogens is 340 g/mol. The molecule has 0 radical (unpaired) electrons. The fourth-order valence-corrected chi connectivity index (χ4v) is 2.30. The van der Waals surface area contributed by atoms with Gasteiger partial charge in [-0.3, -0.25) is 9.59 Å². The molecule has 1 aromatic rings. The van der Waals surface area contributed by atoms with Crippen molar-refractivity contribution in [2.75, 3.05) is 13.1 Å². The van der Waals surface area contributed by atoms with Gasteiger partial charge in [0, 0.05) is 6.54 Å². The Morgan fingerprint density at radius 3 is 2.07 bits per heavy atom. The Bertz CT molecular complexity index is 546. The predicted molar refractivity (Wildman–Crippen MR) is 112 cm³/mol. The number of benzene rings is 1. The molecule has 0 spiro atoms. The predicted octanol–water partition coefficient (Wildman–Crippen LogP) is 3.63. The smallest absolute Gasteiger partial charge is 0.320 e. The molecule has 1 aromatic carbocycles. The van der Waals surface area contributed by atoms with Gasteiger partial charge in [-0.2, -0.15) is 0 Å². The van der Waals surface area contributed by atoms with Crippen LogP contribution in [0.5, 0.6) is 0 Å². The lowest BCUT2D eigenvalue weighted by Gasteiger charge is -2.18. The van der Waals surface area contributed by atoms with Gasteiger partial charge in [-0.25, -0.2) is 0 Å². The molecule has 3 N–H and O–H groups in total. The zero-order chi connectivity index (χ0) is 20.9. The summed E-state index contributed by atoms with van der Waals surface area (Å²) in [5, 5.41) is 2.94. The molecule has 0 saturated carbocycles. The van der Waals surface area contributed by atoms with Crippen LogP contribution in [0.15, 0.2) is 24.3 Å². The van der Waals surface area contributed by atoms with Crippen LogP contribution >= 0.6 is 0 Å². The molecule has 5 heteroatoms. The van der Waals surface area contributed by atoms with Gasteiger partial charge >= 0.3 is 5.97 Å². The van der Waals surface area contributed by atoms with Crippen molar-refractivity contribution < 1.29 is 14.3 Å². The van der Waals surface area contributed by atoms with E-state index in [4.69, 9.17) is 10.5 Å². The number of carbonyl (C=O) groups is 2. The summed E-state index contributed by atoms with van der Waals surface area (Å²) in [6.07, 6.45) is 3.76. The molecule has 0 aliphatic carbocycles. The summed E-state index contributed by atoms with van der Waals surface area (Å²) in [5.74, 6) is 0.441. The summed E-state index contributed by atoms with van der Waals surface area (Å²) >= 11 is 0. The van der Waals surface area contributed by atoms with Gasteiger partial charge in [-0.05, 0) is 50.7 Å². The second-order valence-electron chi connectivity index (χ2n) is 8.09. The maximum atomic E-state index is 11.6. The Morgan fingerprint density at radius 2 is 1.67 bits per heavy atom. The van der Waals surface area contributed by atoms with Crippen LogP contribution in [0.3, 0.4) is 0 Å². The highest BCUT2D eigenvalue weighted by molar-refractivity contribution is 5.78. The number of ether oxygens (including phenoxy) is 1. The first-order valence-electron chi connectivity index (χ1n) is 9.83. The van der Waals surface area contributed by atoms with Crippen LogP contribution < -0.4 is 11.1 Å². The number of amides is 1. The number of hydrogen-bond acceptors (Lipinski definition) is 4. The van der Waals surface area contributed by atoms with E-state index in [0.717, 1.165) is 31.4 Å². The molecule has 0 bridgehead atoms. The van der Waals surface area contributed by atoms with Gasteiger partial charge in [-0.15, -0.1) is 0 Å². The maximum absolute atomic E-state index is 11.6. The van der Waals surface area contributed by atoms with Crippen molar-refractivity contribution >= 4 is 11.9 Å². The molecule has 5 nitrogen and oxygen atoms in total. The van der Waals surface area contributed by atoms with Crippen LogP contribution in [0.25, 0.3) is 0 Å². The highest BCUT2D eigenvalue weighted by Gasteiger charge is 2.14.